The summed E-state index contributed by atoms with van der Waals surface area (Å²) in [5.41, 5.74) is 3.53. The molecule has 256 valence electrons. The molecule has 4 fully saturated rings. The minimum Gasteiger partial charge on any atom is -0.462 e. The van der Waals surface area contributed by atoms with Gasteiger partial charge in [0.2, 0.25) is 0 Å². The largest absolute Gasteiger partial charge is 0.462 e. The summed E-state index contributed by atoms with van der Waals surface area (Å²) in [4.78, 5) is 20.2. The Bertz CT molecular complexity index is 1040. The second kappa shape index (κ2) is 14.8. The monoisotopic (exact) mass is 624 g/mol. The molecular weight excluding hydrogens is 554 g/mol. The van der Waals surface area contributed by atoms with E-state index in [1.807, 2.05) is 0 Å². The maximum absolute atomic E-state index is 13.1. The summed E-state index contributed by atoms with van der Waals surface area (Å²) >= 11 is 0. The molecule has 0 amide bonds. The van der Waals surface area contributed by atoms with Gasteiger partial charge in [-0.3, -0.25) is 4.79 Å². The molecule has 0 unspecified atom stereocenters. The summed E-state index contributed by atoms with van der Waals surface area (Å²) in [6, 6.07) is 0. The molecule has 45 heavy (non-hydrogen) atoms. The van der Waals surface area contributed by atoms with Crippen molar-refractivity contribution in [2.75, 3.05) is 53.4 Å². The zero-order valence-corrected chi connectivity index (χ0v) is 30.4. The van der Waals surface area contributed by atoms with Gasteiger partial charge in [0, 0.05) is 51.4 Å². The summed E-state index contributed by atoms with van der Waals surface area (Å²) in [6.45, 7) is 23.2. The zero-order chi connectivity index (χ0) is 32.4. The van der Waals surface area contributed by atoms with Gasteiger partial charge in [-0.25, -0.2) is 0 Å². The fraction of sp³-hybridized carbons (Fsp3) is 0.875. The molecule has 0 spiro atoms. The van der Waals surface area contributed by atoms with E-state index in [0.29, 0.717) is 23.7 Å². The Hall–Kier alpha value is -1.33. The summed E-state index contributed by atoms with van der Waals surface area (Å²) in [6.07, 6.45) is 18.2. The number of carbonyl (C=O) groups excluding carboxylic acids is 1. The number of nitrogens with zero attached hydrogens (tertiary/aromatic N) is 3. The van der Waals surface area contributed by atoms with Crippen LogP contribution in [0.3, 0.4) is 0 Å². The normalized spacial score (nSPS) is 37.0. The molecule has 4 aliphatic carbocycles. The molecule has 0 aromatic carbocycles. The average molecular weight is 624 g/mol. The Labute approximate surface area is 277 Å². The number of ether oxygens (including phenoxy) is 1. The molecule has 1 heterocycles. The topological polar surface area (TPSA) is 36.0 Å². The van der Waals surface area contributed by atoms with Gasteiger partial charge in [-0.1, -0.05) is 72.1 Å². The maximum atomic E-state index is 13.1. The van der Waals surface area contributed by atoms with Gasteiger partial charge in [0.15, 0.2) is 0 Å². The van der Waals surface area contributed by atoms with Crippen molar-refractivity contribution < 1.29 is 9.53 Å². The van der Waals surface area contributed by atoms with Crippen LogP contribution < -0.4 is 0 Å². The van der Waals surface area contributed by atoms with Crippen molar-refractivity contribution in [2.45, 2.75) is 124 Å². The minimum absolute atomic E-state index is 0.0366. The number of fused-ring (bicyclic) bond motifs is 5. The summed E-state index contributed by atoms with van der Waals surface area (Å²) < 4.78 is 6.17. The van der Waals surface area contributed by atoms with E-state index in [0.717, 1.165) is 93.3 Å². The van der Waals surface area contributed by atoms with Crippen LogP contribution in [0.2, 0.25) is 0 Å². The van der Waals surface area contributed by atoms with Gasteiger partial charge >= 0.3 is 5.97 Å². The summed E-state index contributed by atoms with van der Waals surface area (Å²) in [7, 11) is 4.39. The molecule has 0 radical (unpaired) electrons. The number of hydrogen-bond acceptors (Lipinski definition) is 5. The first kappa shape index (κ1) is 35.0. The zero-order valence-electron chi connectivity index (χ0n) is 30.4. The molecule has 1 saturated heterocycles. The Morgan fingerprint density at radius 2 is 1.60 bits per heavy atom. The third-order valence-electron chi connectivity index (χ3n) is 14.0. The SMILES string of the molecule is C=C(CCC(=O)O[C@H]1CC[C@@]2(C)C(=CC[C@H]3[C@@H]4CC[C@H]([C@H](C)CCCC(C)C)[C@@]4(C)CC[C@@H]32)C1)N1CCN(C)CCN(C)CC1. The Balaban J connectivity index is 1.13. The third-order valence-corrected chi connectivity index (χ3v) is 14.0. The highest BCUT2D eigenvalue weighted by molar-refractivity contribution is 5.70. The highest BCUT2D eigenvalue weighted by Crippen LogP contribution is 2.67. The van der Waals surface area contributed by atoms with E-state index in [2.05, 4.69) is 76.1 Å². The van der Waals surface area contributed by atoms with Gasteiger partial charge in [0.1, 0.15) is 6.10 Å². The average Bonchev–Trinajstić information content (AvgIpc) is 3.38. The van der Waals surface area contributed by atoms with Crippen LogP contribution in [-0.4, -0.2) is 80.1 Å². The van der Waals surface area contributed by atoms with Crippen LogP contribution in [0.1, 0.15) is 118 Å². The maximum Gasteiger partial charge on any atom is 0.306 e. The number of carbonyl (C=O) groups is 1. The number of likely N-dealkylation sites (N-methyl/N-ethyl adjacent to an activating group) is 2. The lowest BCUT2D eigenvalue weighted by Gasteiger charge is -2.58. The van der Waals surface area contributed by atoms with E-state index >= 15 is 0 Å². The highest BCUT2D eigenvalue weighted by atomic mass is 16.5. The van der Waals surface area contributed by atoms with E-state index in [1.54, 1.807) is 5.57 Å². The van der Waals surface area contributed by atoms with Crippen molar-refractivity contribution >= 4 is 5.97 Å². The Kier molecular flexibility index (Phi) is 11.5. The molecule has 3 saturated carbocycles. The minimum atomic E-state index is -0.0366. The fourth-order valence-electron chi connectivity index (χ4n) is 11.0. The van der Waals surface area contributed by atoms with E-state index in [9.17, 15) is 4.79 Å². The number of allylic oxidation sites excluding steroid dienone is 2. The molecule has 5 aliphatic rings. The van der Waals surface area contributed by atoms with Crippen LogP contribution >= 0.6 is 0 Å². The highest BCUT2D eigenvalue weighted by Gasteiger charge is 2.59. The van der Waals surface area contributed by atoms with Crippen LogP contribution in [0, 0.1) is 46.3 Å². The lowest BCUT2D eigenvalue weighted by atomic mass is 9.47. The van der Waals surface area contributed by atoms with Gasteiger partial charge in [-0.05, 0) is 112 Å². The van der Waals surface area contributed by atoms with Gasteiger partial charge < -0.3 is 19.4 Å². The van der Waals surface area contributed by atoms with E-state index in [1.165, 1.54) is 57.8 Å². The lowest BCUT2D eigenvalue weighted by molar-refractivity contribution is -0.151. The van der Waals surface area contributed by atoms with Crippen LogP contribution in [0.4, 0.5) is 0 Å². The van der Waals surface area contributed by atoms with Crippen molar-refractivity contribution in [3.63, 3.8) is 0 Å². The molecule has 5 nitrogen and oxygen atoms in total. The molecular formula is C40H69N3O2. The Morgan fingerprint density at radius 1 is 0.911 bits per heavy atom. The fourth-order valence-corrected chi connectivity index (χ4v) is 11.0. The predicted octanol–water partition coefficient (Wildman–Crippen LogP) is 8.41. The molecule has 5 heteroatoms. The second-order valence-electron chi connectivity index (χ2n) is 17.3. The van der Waals surface area contributed by atoms with Crippen molar-refractivity contribution in [3.05, 3.63) is 23.9 Å². The molecule has 0 bridgehead atoms. The molecule has 5 rings (SSSR count). The van der Waals surface area contributed by atoms with Crippen LogP contribution in [0.15, 0.2) is 23.9 Å². The van der Waals surface area contributed by atoms with E-state index in [-0.39, 0.29) is 12.1 Å². The number of esters is 1. The molecule has 8 atom stereocenters. The molecule has 0 aromatic rings. The molecule has 1 aliphatic heterocycles. The molecule has 0 N–H and O–H groups in total. The first-order valence-corrected chi connectivity index (χ1v) is 19.1. The first-order valence-electron chi connectivity index (χ1n) is 19.1. The quantitative estimate of drug-likeness (QED) is 0.180. The second-order valence-corrected chi connectivity index (χ2v) is 17.3. The number of rotatable bonds is 10. The third kappa shape index (κ3) is 7.87. The van der Waals surface area contributed by atoms with Crippen LogP contribution in [-0.2, 0) is 9.53 Å². The van der Waals surface area contributed by atoms with Crippen molar-refractivity contribution in [3.8, 4) is 0 Å². The number of hydrogen-bond donors (Lipinski definition) is 0. The Morgan fingerprint density at radius 3 is 2.29 bits per heavy atom. The summed E-state index contributed by atoms with van der Waals surface area (Å²) in [5, 5.41) is 0. The van der Waals surface area contributed by atoms with Crippen molar-refractivity contribution in [1.82, 2.24) is 14.7 Å². The van der Waals surface area contributed by atoms with E-state index < -0.39 is 0 Å². The van der Waals surface area contributed by atoms with Crippen molar-refractivity contribution in [1.29, 1.82) is 0 Å². The van der Waals surface area contributed by atoms with Crippen molar-refractivity contribution in [2.24, 2.45) is 46.3 Å². The van der Waals surface area contributed by atoms with E-state index in [4.69, 9.17) is 4.74 Å². The van der Waals surface area contributed by atoms with Gasteiger partial charge in [-0.15, -0.1) is 0 Å². The molecule has 0 aromatic heterocycles. The van der Waals surface area contributed by atoms with Gasteiger partial charge in [-0.2, -0.15) is 0 Å². The van der Waals surface area contributed by atoms with Crippen LogP contribution in [0.25, 0.3) is 0 Å². The lowest BCUT2D eigenvalue weighted by Crippen LogP contribution is -2.51. The first-order chi connectivity index (χ1) is 21.4. The standard InChI is InChI=1S/C40H69N3O2/c1-29(2)10-9-11-30(3)35-15-16-36-34-14-13-32-28-33(18-20-39(32,5)37(34)19-21-40(35,36)6)45-38(44)17-12-31(4)43-26-24-41(7)22-23-42(8)25-27-43/h13,29-30,33-37H,4,9-12,14-28H2,1-3,5-8H3/t30-,33+,34+,35-,36+,37+,39+,40-/m1/s1. The predicted molar refractivity (Wildman–Crippen MR) is 188 cm³/mol. The summed E-state index contributed by atoms with van der Waals surface area (Å²) in [5.74, 6) is 5.13. The van der Waals surface area contributed by atoms with Gasteiger partial charge in [0.05, 0.1) is 6.42 Å². The van der Waals surface area contributed by atoms with Gasteiger partial charge in [0.25, 0.3) is 0 Å². The van der Waals surface area contributed by atoms with Crippen LogP contribution in [0.5, 0.6) is 0 Å². The smallest absolute Gasteiger partial charge is 0.306 e.